The molecule has 0 aliphatic heterocycles. The van der Waals surface area contributed by atoms with Crippen LogP contribution in [0, 0.1) is 10.1 Å². The van der Waals surface area contributed by atoms with Gasteiger partial charge < -0.3 is 14.3 Å². The Labute approximate surface area is 211 Å². The number of para-hydroxylation sites is 1. The molecule has 2 aromatic heterocycles. The van der Waals surface area contributed by atoms with Crippen molar-refractivity contribution in [1.82, 2.24) is 9.66 Å². The highest BCUT2D eigenvalue weighted by Gasteiger charge is 2.20. The van der Waals surface area contributed by atoms with E-state index in [-0.39, 0.29) is 23.7 Å². The van der Waals surface area contributed by atoms with Gasteiger partial charge in [0.25, 0.3) is 5.56 Å². The number of ether oxygens (including phenoxy) is 1. The molecule has 0 amide bonds. The molecule has 0 saturated carbocycles. The zero-order valence-electron chi connectivity index (χ0n) is 18.7. The Morgan fingerprint density at radius 1 is 1.22 bits per heavy atom. The van der Waals surface area contributed by atoms with Crippen molar-refractivity contribution in [3.05, 3.63) is 91.2 Å². The first kappa shape index (κ1) is 23.2. The van der Waals surface area contributed by atoms with Crippen LogP contribution in [0.5, 0.6) is 11.5 Å². The summed E-state index contributed by atoms with van der Waals surface area (Å²) < 4.78 is 13.2. The lowest BCUT2D eigenvalue weighted by molar-refractivity contribution is -0.386. The average molecular weight is 549 g/mol. The Kier molecular flexibility index (Phi) is 5.98. The Morgan fingerprint density at radius 2 is 2.03 bits per heavy atom. The molecule has 0 bridgehead atoms. The summed E-state index contributed by atoms with van der Waals surface area (Å²) in [5.41, 5.74) is 0.301. The van der Waals surface area contributed by atoms with Gasteiger partial charge in [0, 0.05) is 21.5 Å². The van der Waals surface area contributed by atoms with Gasteiger partial charge in [-0.1, -0.05) is 28.1 Å². The van der Waals surface area contributed by atoms with Crippen LogP contribution in [0.3, 0.4) is 0 Å². The number of nitrogens with zero attached hydrogens (tertiary/aromatic N) is 4. The second-order valence-electron chi connectivity index (χ2n) is 7.68. The number of phenols is 1. The fourth-order valence-corrected chi connectivity index (χ4v) is 4.11. The summed E-state index contributed by atoms with van der Waals surface area (Å²) >= 11 is 3.43. The number of benzene rings is 3. The fourth-order valence-electron chi connectivity index (χ4n) is 3.73. The number of nitro groups is 1. The van der Waals surface area contributed by atoms with Crippen LogP contribution >= 0.6 is 15.9 Å². The summed E-state index contributed by atoms with van der Waals surface area (Å²) in [6, 6.07) is 16.6. The van der Waals surface area contributed by atoms with E-state index >= 15 is 0 Å². The van der Waals surface area contributed by atoms with E-state index in [1.165, 1.54) is 12.3 Å². The van der Waals surface area contributed by atoms with E-state index in [1.54, 1.807) is 43.3 Å². The van der Waals surface area contributed by atoms with Crippen molar-refractivity contribution in [2.45, 2.75) is 6.92 Å². The van der Waals surface area contributed by atoms with Crippen LogP contribution in [-0.2, 0) is 0 Å². The average Bonchev–Trinajstić information content (AvgIpc) is 3.28. The minimum absolute atomic E-state index is 0.0692. The first-order chi connectivity index (χ1) is 17.4. The van der Waals surface area contributed by atoms with Gasteiger partial charge in [-0.2, -0.15) is 9.78 Å². The maximum absolute atomic E-state index is 13.4. The molecule has 2 heterocycles. The summed E-state index contributed by atoms with van der Waals surface area (Å²) in [5, 5.41) is 27.0. The molecule has 1 N–H and O–H groups in total. The number of phenolic OH excluding ortho intramolecular Hbond substituents is 1. The highest BCUT2D eigenvalue weighted by atomic mass is 79.9. The van der Waals surface area contributed by atoms with E-state index in [0.29, 0.717) is 22.2 Å². The van der Waals surface area contributed by atoms with Crippen LogP contribution in [-0.4, -0.2) is 32.5 Å². The summed E-state index contributed by atoms with van der Waals surface area (Å²) in [5.74, 6) is -0.187. The van der Waals surface area contributed by atoms with E-state index in [9.17, 15) is 20.0 Å². The van der Waals surface area contributed by atoms with Crippen LogP contribution in [0.25, 0.3) is 33.5 Å². The lowest BCUT2D eigenvalue weighted by Crippen LogP contribution is -2.20. The predicted molar refractivity (Wildman–Crippen MR) is 138 cm³/mol. The number of halogens is 1. The zero-order chi connectivity index (χ0) is 25.4. The Bertz CT molecular complexity index is 1740. The molecule has 5 rings (SSSR count). The maximum atomic E-state index is 13.4. The summed E-state index contributed by atoms with van der Waals surface area (Å²) in [6.07, 6.45) is 1.26. The number of furan rings is 1. The second kappa shape index (κ2) is 9.27. The number of fused-ring (bicyclic) bond motifs is 2. The SMILES string of the molecule is CCOc1cc(C=Nn2c(-c3cc4cc(Br)ccc4o3)nc3ccccc3c2=O)cc([N+](=O)[O-])c1O. The third kappa shape index (κ3) is 4.20. The van der Waals surface area contributed by atoms with Gasteiger partial charge in [-0.25, -0.2) is 4.98 Å². The van der Waals surface area contributed by atoms with Crippen molar-refractivity contribution in [2.75, 3.05) is 6.61 Å². The van der Waals surface area contributed by atoms with Crippen molar-refractivity contribution in [2.24, 2.45) is 5.10 Å². The van der Waals surface area contributed by atoms with E-state index in [0.717, 1.165) is 20.6 Å². The largest absolute Gasteiger partial charge is 0.500 e. The molecule has 0 saturated heterocycles. The number of aromatic hydroxyl groups is 1. The molecule has 11 heteroatoms. The normalized spacial score (nSPS) is 11.5. The minimum atomic E-state index is -0.725. The second-order valence-corrected chi connectivity index (χ2v) is 8.60. The standard InChI is InChI=1S/C25H17BrN4O6/c1-2-35-21-10-14(9-19(23(21)31)30(33)34)13-27-29-24(28-18-6-4-3-5-17(18)25(29)32)22-12-15-11-16(26)7-8-20(15)36-22/h3-13,31H,2H2,1H3. The number of nitro benzene ring substituents is 1. The summed E-state index contributed by atoms with van der Waals surface area (Å²) in [6.45, 7) is 1.87. The molecule has 180 valence electrons. The van der Waals surface area contributed by atoms with E-state index < -0.39 is 21.9 Å². The van der Waals surface area contributed by atoms with Gasteiger partial charge in [0.1, 0.15) is 5.58 Å². The molecular formula is C25H17BrN4O6. The van der Waals surface area contributed by atoms with Crippen molar-refractivity contribution < 1.29 is 19.2 Å². The quantitative estimate of drug-likeness (QED) is 0.169. The Hall–Kier alpha value is -4.51. The molecule has 0 radical (unpaired) electrons. The van der Waals surface area contributed by atoms with Crippen LogP contribution in [0.4, 0.5) is 5.69 Å². The zero-order valence-corrected chi connectivity index (χ0v) is 20.3. The maximum Gasteiger partial charge on any atom is 0.315 e. The van der Waals surface area contributed by atoms with E-state index in [1.807, 2.05) is 12.1 Å². The van der Waals surface area contributed by atoms with Gasteiger partial charge >= 0.3 is 5.69 Å². The highest BCUT2D eigenvalue weighted by molar-refractivity contribution is 9.10. The van der Waals surface area contributed by atoms with Gasteiger partial charge in [-0.15, -0.1) is 0 Å². The molecule has 10 nitrogen and oxygen atoms in total. The topological polar surface area (TPSA) is 133 Å². The number of aromatic nitrogens is 2. The third-order valence-corrected chi connectivity index (χ3v) is 5.84. The molecule has 0 aliphatic rings. The van der Waals surface area contributed by atoms with Gasteiger partial charge in [0.15, 0.2) is 11.5 Å². The van der Waals surface area contributed by atoms with E-state index in [4.69, 9.17) is 9.15 Å². The van der Waals surface area contributed by atoms with Gasteiger partial charge in [0.2, 0.25) is 11.6 Å². The Morgan fingerprint density at radius 3 is 2.81 bits per heavy atom. The van der Waals surface area contributed by atoms with Crippen LogP contribution < -0.4 is 10.3 Å². The van der Waals surface area contributed by atoms with Crippen molar-refractivity contribution in [3.8, 4) is 23.1 Å². The monoisotopic (exact) mass is 548 g/mol. The van der Waals surface area contributed by atoms with Gasteiger partial charge in [-0.3, -0.25) is 14.9 Å². The fraction of sp³-hybridized carbons (Fsp3) is 0.0800. The number of rotatable bonds is 6. The third-order valence-electron chi connectivity index (χ3n) is 5.35. The molecule has 0 spiro atoms. The van der Waals surface area contributed by atoms with Crippen LogP contribution in [0.1, 0.15) is 12.5 Å². The molecule has 5 aromatic rings. The molecular weight excluding hydrogens is 532 g/mol. The van der Waals surface area contributed by atoms with Crippen molar-refractivity contribution in [3.63, 3.8) is 0 Å². The van der Waals surface area contributed by atoms with Crippen LogP contribution in [0.2, 0.25) is 0 Å². The Balaban J connectivity index is 1.71. The molecule has 0 unspecified atom stereocenters. The lowest BCUT2D eigenvalue weighted by Gasteiger charge is -2.08. The molecule has 0 aliphatic carbocycles. The molecule has 0 fully saturated rings. The van der Waals surface area contributed by atoms with Crippen molar-refractivity contribution in [1.29, 1.82) is 0 Å². The molecule has 3 aromatic carbocycles. The smallest absolute Gasteiger partial charge is 0.315 e. The molecule has 36 heavy (non-hydrogen) atoms. The summed E-state index contributed by atoms with van der Waals surface area (Å²) in [4.78, 5) is 28.7. The first-order valence-corrected chi connectivity index (χ1v) is 11.5. The highest BCUT2D eigenvalue weighted by Crippen LogP contribution is 2.37. The first-order valence-electron chi connectivity index (χ1n) is 10.8. The van der Waals surface area contributed by atoms with Gasteiger partial charge in [-0.05, 0) is 49.4 Å². The predicted octanol–water partition coefficient (Wildman–Crippen LogP) is 5.47. The number of hydrogen-bond acceptors (Lipinski definition) is 8. The summed E-state index contributed by atoms with van der Waals surface area (Å²) in [7, 11) is 0. The number of hydrogen-bond donors (Lipinski definition) is 1. The lowest BCUT2D eigenvalue weighted by atomic mass is 10.2. The van der Waals surface area contributed by atoms with E-state index in [2.05, 4.69) is 26.0 Å². The molecule has 0 atom stereocenters. The van der Waals surface area contributed by atoms with Gasteiger partial charge in [0.05, 0.1) is 28.6 Å². The van der Waals surface area contributed by atoms with Crippen molar-refractivity contribution >= 4 is 49.7 Å². The minimum Gasteiger partial charge on any atom is -0.500 e. The van der Waals surface area contributed by atoms with Crippen LogP contribution in [0.15, 0.2) is 79.4 Å².